The summed E-state index contributed by atoms with van der Waals surface area (Å²) < 4.78 is 10.3. The van der Waals surface area contributed by atoms with Gasteiger partial charge in [-0.05, 0) is 51.4 Å². The number of carbonyl (C=O) groups is 1. The predicted octanol–water partition coefficient (Wildman–Crippen LogP) is 2.70. The number of methoxy groups -OCH3 is 1. The molecular formula is C16H26N2O3. The van der Waals surface area contributed by atoms with E-state index in [2.05, 4.69) is 16.7 Å². The van der Waals surface area contributed by atoms with Gasteiger partial charge >= 0.3 is 6.09 Å². The maximum Gasteiger partial charge on any atom is 0.407 e. The van der Waals surface area contributed by atoms with E-state index < -0.39 is 5.60 Å². The number of ether oxygens (including phenoxy) is 2. The van der Waals surface area contributed by atoms with Crippen LogP contribution in [0.3, 0.4) is 0 Å². The molecule has 0 radical (unpaired) electrons. The lowest BCUT2D eigenvalue weighted by atomic mass is 10.2. The number of amides is 1. The largest absolute Gasteiger partial charge is 0.497 e. The smallest absolute Gasteiger partial charge is 0.407 e. The summed E-state index contributed by atoms with van der Waals surface area (Å²) in [6, 6.07) is 7.95. The zero-order valence-corrected chi connectivity index (χ0v) is 13.4. The molecule has 118 valence electrons. The summed E-state index contributed by atoms with van der Waals surface area (Å²) in [5, 5.41) is 6.06. The van der Waals surface area contributed by atoms with Crippen LogP contribution in [0.25, 0.3) is 0 Å². The molecule has 2 N–H and O–H groups in total. The van der Waals surface area contributed by atoms with Gasteiger partial charge in [0.1, 0.15) is 11.4 Å². The van der Waals surface area contributed by atoms with Crippen LogP contribution in [0.2, 0.25) is 0 Å². The van der Waals surface area contributed by atoms with Crippen molar-refractivity contribution >= 4 is 6.09 Å². The van der Waals surface area contributed by atoms with Crippen LogP contribution in [0.4, 0.5) is 4.79 Å². The molecule has 0 spiro atoms. The van der Waals surface area contributed by atoms with Crippen LogP contribution in [0.1, 0.15) is 32.8 Å². The Bertz CT molecular complexity index is 441. The summed E-state index contributed by atoms with van der Waals surface area (Å²) in [4.78, 5) is 11.4. The monoisotopic (exact) mass is 294 g/mol. The second-order valence-corrected chi connectivity index (χ2v) is 5.81. The summed E-state index contributed by atoms with van der Waals surface area (Å²) in [6.45, 7) is 7.75. The lowest BCUT2D eigenvalue weighted by molar-refractivity contribution is 0.0527. The van der Waals surface area contributed by atoms with E-state index >= 15 is 0 Å². The summed E-state index contributed by atoms with van der Waals surface area (Å²) in [5.41, 5.74) is 0.726. The van der Waals surface area contributed by atoms with Gasteiger partial charge in [0, 0.05) is 13.1 Å². The Kier molecular flexibility index (Phi) is 7.02. The number of hydrogen-bond acceptors (Lipinski definition) is 4. The van der Waals surface area contributed by atoms with Gasteiger partial charge in [-0.3, -0.25) is 0 Å². The molecule has 1 aromatic rings. The normalized spacial score (nSPS) is 11.0. The first kappa shape index (κ1) is 17.3. The molecule has 0 aliphatic carbocycles. The molecule has 5 heteroatoms. The predicted molar refractivity (Wildman–Crippen MR) is 83.6 cm³/mol. The fraction of sp³-hybridized carbons (Fsp3) is 0.562. The van der Waals surface area contributed by atoms with Crippen molar-refractivity contribution in [2.24, 2.45) is 0 Å². The summed E-state index contributed by atoms with van der Waals surface area (Å²) in [6.07, 6.45) is 0.485. The lowest BCUT2D eigenvalue weighted by Crippen LogP contribution is -2.33. The van der Waals surface area contributed by atoms with Gasteiger partial charge in [0.25, 0.3) is 0 Å². The van der Waals surface area contributed by atoms with Crippen molar-refractivity contribution in [3.05, 3.63) is 29.8 Å². The Balaban J connectivity index is 2.10. The van der Waals surface area contributed by atoms with Gasteiger partial charge in [-0.25, -0.2) is 4.79 Å². The molecule has 1 aromatic carbocycles. The number of alkyl carbamates (subject to hydrolysis) is 1. The van der Waals surface area contributed by atoms with E-state index in [-0.39, 0.29) is 6.09 Å². The number of nitrogens with one attached hydrogen (secondary N) is 2. The highest BCUT2D eigenvalue weighted by Gasteiger charge is 2.15. The van der Waals surface area contributed by atoms with Crippen molar-refractivity contribution in [1.29, 1.82) is 0 Å². The molecule has 0 aromatic heterocycles. The molecule has 0 aliphatic heterocycles. The maximum absolute atomic E-state index is 11.4. The van der Waals surface area contributed by atoms with Crippen LogP contribution < -0.4 is 15.4 Å². The van der Waals surface area contributed by atoms with Gasteiger partial charge in [-0.2, -0.15) is 0 Å². The van der Waals surface area contributed by atoms with Crippen molar-refractivity contribution in [2.75, 3.05) is 20.2 Å². The molecule has 0 fully saturated rings. The quantitative estimate of drug-likeness (QED) is 0.759. The first-order valence-corrected chi connectivity index (χ1v) is 7.21. The molecule has 0 saturated heterocycles. The highest BCUT2D eigenvalue weighted by Crippen LogP contribution is 2.12. The zero-order chi connectivity index (χ0) is 15.7. The zero-order valence-electron chi connectivity index (χ0n) is 13.4. The number of benzene rings is 1. The topological polar surface area (TPSA) is 59.6 Å². The van der Waals surface area contributed by atoms with Crippen LogP contribution in [0, 0.1) is 0 Å². The summed E-state index contributed by atoms with van der Waals surface area (Å²) >= 11 is 0. The third kappa shape index (κ3) is 8.19. The average molecular weight is 294 g/mol. The van der Waals surface area contributed by atoms with Gasteiger partial charge in [0.05, 0.1) is 7.11 Å². The molecule has 0 bridgehead atoms. The van der Waals surface area contributed by atoms with E-state index in [1.165, 1.54) is 5.56 Å². The fourth-order valence-corrected chi connectivity index (χ4v) is 1.73. The second kappa shape index (κ2) is 8.52. The first-order chi connectivity index (χ1) is 9.90. The highest BCUT2D eigenvalue weighted by atomic mass is 16.6. The standard InChI is InChI=1S/C16H26N2O3/c1-16(2,3)21-15(19)18-10-6-9-17-12-13-7-5-8-14(11-13)20-4/h5,7-8,11,17H,6,9-10,12H2,1-4H3,(H,18,19). The van der Waals surface area contributed by atoms with E-state index in [0.29, 0.717) is 6.54 Å². The van der Waals surface area contributed by atoms with Crippen LogP contribution in [0.5, 0.6) is 5.75 Å². The minimum Gasteiger partial charge on any atom is -0.497 e. The van der Waals surface area contributed by atoms with Gasteiger partial charge in [0.15, 0.2) is 0 Å². The van der Waals surface area contributed by atoms with E-state index in [1.807, 2.05) is 39.0 Å². The molecule has 21 heavy (non-hydrogen) atoms. The van der Waals surface area contributed by atoms with Crippen molar-refractivity contribution in [2.45, 2.75) is 39.3 Å². The van der Waals surface area contributed by atoms with E-state index in [9.17, 15) is 4.79 Å². The third-order valence-electron chi connectivity index (χ3n) is 2.66. The van der Waals surface area contributed by atoms with Crippen molar-refractivity contribution < 1.29 is 14.3 Å². The van der Waals surface area contributed by atoms with Crippen molar-refractivity contribution in [3.8, 4) is 5.75 Å². The molecule has 0 unspecified atom stereocenters. The van der Waals surface area contributed by atoms with E-state index in [0.717, 1.165) is 25.3 Å². The number of hydrogen-bond donors (Lipinski definition) is 2. The average Bonchev–Trinajstić information content (AvgIpc) is 2.41. The van der Waals surface area contributed by atoms with Crippen LogP contribution in [0.15, 0.2) is 24.3 Å². The molecule has 0 heterocycles. The molecule has 5 nitrogen and oxygen atoms in total. The summed E-state index contributed by atoms with van der Waals surface area (Å²) in [7, 11) is 1.66. The highest BCUT2D eigenvalue weighted by molar-refractivity contribution is 5.67. The molecule has 1 amide bonds. The van der Waals surface area contributed by atoms with Crippen LogP contribution >= 0.6 is 0 Å². The SMILES string of the molecule is COc1cccc(CNCCCNC(=O)OC(C)(C)C)c1. The summed E-state index contributed by atoms with van der Waals surface area (Å²) in [5.74, 6) is 0.862. The van der Waals surface area contributed by atoms with Gasteiger partial charge in [0.2, 0.25) is 0 Å². The number of carbonyl (C=O) groups excluding carboxylic acids is 1. The number of rotatable bonds is 7. The van der Waals surface area contributed by atoms with Gasteiger partial charge in [-0.15, -0.1) is 0 Å². The second-order valence-electron chi connectivity index (χ2n) is 5.81. The van der Waals surface area contributed by atoms with Gasteiger partial charge < -0.3 is 20.1 Å². The molecule has 1 rings (SSSR count). The molecular weight excluding hydrogens is 268 g/mol. The third-order valence-corrected chi connectivity index (χ3v) is 2.66. The van der Waals surface area contributed by atoms with Crippen LogP contribution in [-0.4, -0.2) is 31.9 Å². The fourth-order valence-electron chi connectivity index (χ4n) is 1.73. The van der Waals surface area contributed by atoms with Gasteiger partial charge in [-0.1, -0.05) is 12.1 Å². The Morgan fingerprint density at radius 1 is 1.24 bits per heavy atom. The van der Waals surface area contributed by atoms with Crippen LogP contribution in [-0.2, 0) is 11.3 Å². The molecule has 0 aliphatic rings. The van der Waals surface area contributed by atoms with E-state index in [4.69, 9.17) is 9.47 Å². The Hall–Kier alpha value is -1.75. The first-order valence-electron chi connectivity index (χ1n) is 7.21. The van der Waals surface area contributed by atoms with Crippen molar-refractivity contribution in [1.82, 2.24) is 10.6 Å². The minimum absolute atomic E-state index is 0.365. The lowest BCUT2D eigenvalue weighted by Gasteiger charge is -2.19. The Morgan fingerprint density at radius 2 is 2.00 bits per heavy atom. The molecule has 0 saturated carbocycles. The Morgan fingerprint density at radius 3 is 2.67 bits per heavy atom. The maximum atomic E-state index is 11.4. The Labute approximate surface area is 127 Å². The minimum atomic E-state index is -0.450. The molecule has 0 atom stereocenters. The van der Waals surface area contributed by atoms with E-state index in [1.54, 1.807) is 7.11 Å². The van der Waals surface area contributed by atoms with Crippen molar-refractivity contribution in [3.63, 3.8) is 0 Å².